The Hall–Kier alpha value is -7.50. The molecule has 12 rings (SSSR count). The van der Waals surface area contributed by atoms with Crippen molar-refractivity contribution in [2.75, 3.05) is 0 Å². The summed E-state index contributed by atoms with van der Waals surface area (Å²) in [5.41, 5.74) is 12.3. The van der Waals surface area contributed by atoms with E-state index >= 15 is 0 Å². The fraction of sp³-hybridized carbons (Fsp3) is 0. The van der Waals surface area contributed by atoms with Gasteiger partial charge in [0.05, 0.1) is 33.3 Å². The summed E-state index contributed by atoms with van der Waals surface area (Å²) < 4.78 is 11.3. The lowest BCUT2D eigenvalue weighted by Crippen LogP contribution is -1.96. The molecule has 0 fully saturated rings. The number of rotatable bonds is 4. The molecule has 4 heterocycles. The van der Waals surface area contributed by atoms with E-state index in [0.717, 1.165) is 72.1 Å². The second kappa shape index (κ2) is 11.5. The van der Waals surface area contributed by atoms with Gasteiger partial charge >= 0.3 is 0 Å². The van der Waals surface area contributed by atoms with Crippen LogP contribution < -0.4 is 0 Å². The Morgan fingerprint density at radius 1 is 0.382 bits per heavy atom. The third kappa shape index (κ3) is 4.41. The molecule has 0 aliphatic carbocycles. The maximum atomic E-state index is 6.55. The Labute approximate surface area is 315 Å². The predicted octanol–water partition coefficient (Wildman–Crippen LogP) is 13.1. The maximum Gasteiger partial charge on any atom is 0.161 e. The average Bonchev–Trinajstić information content (AvgIpc) is 3.90. The number of furan rings is 1. The van der Waals surface area contributed by atoms with Crippen LogP contribution in [0.3, 0.4) is 0 Å². The van der Waals surface area contributed by atoms with Crippen LogP contribution in [0, 0.1) is 0 Å². The lowest BCUT2D eigenvalue weighted by Gasteiger charge is -2.11. The summed E-state index contributed by atoms with van der Waals surface area (Å²) in [7, 11) is 0. The van der Waals surface area contributed by atoms with Crippen molar-refractivity contribution in [1.82, 2.24) is 19.1 Å². The summed E-state index contributed by atoms with van der Waals surface area (Å²) in [4.78, 5) is 10.4. The molecule has 5 nitrogen and oxygen atoms in total. The fourth-order valence-corrected chi connectivity index (χ4v) is 8.72. The van der Waals surface area contributed by atoms with Gasteiger partial charge in [0.25, 0.3) is 0 Å². The molecule has 0 unspecified atom stereocenters. The van der Waals surface area contributed by atoms with Crippen molar-refractivity contribution in [2.45, 2.75) is 0 Å². The molecule has 0 atom stereocenters. The molecule has 4 aromatic heterocycles. The minimum atomic E-state index is 0.671. The topological polar surface area (TPSA) is 48.8 Å². The van der Waals surface area contributed by atoms with Crippen LogP contribution >= 0.6 is 0 Å². The molecule has 5 heteroatoms. The summed E-state index contributed by atoms with van der Waals surface area (Å²) in [5, 5.41) is 7.95. The van der Waals surface area contributed by atoms with Crippen molar-refractivity contribution in [3.63, 3.8) is 0 Å². The molecule has 0 aliphatic rings. The third-order valence-electron chi connectivity index (χ3n) is 11.1. The highest BCUT2D eigenvalue weighted by Gasteiger charge is 2.21. The van der Waals surface area contributed by atoms with Gasteiger partial charge < -0.3 is 13.6 Å². The van der Waals surface area contributed by atoms with E-state index < -0.39 is 0 Å². The van der Waals surface area contributed by atoms with Gasteiger partial charge in [0.1, 0.15) is 11.2 Å². The Bertz CT molecular complexity index is 3480. The molecule has 256 valence electrons. The highest BCUT2D eigenvalue weighted by molar-refractivity contribution is 6.20. The zero-order chi connectivity index (χ0) is 36.0. The van der Waals surface area contributed by atoms with Gasteiger partial charge in [0, 0.05) is 60.2 Å². The highest BCUT2D eigenvalue weighted by atomic mass is 16.3. The molecule has 0 saturated heterocycles. The van der Waals surface area contributed by atoms with E-state index in [0.29, 0.717) is 5.82 Å². The van der Waals surface area contributed by atoms with Crippen LogP contribution in [0.4, 0.5) is 0 Å². The van der Waals surface area contributed by atoms with Gasteiger partial charge in [0.2, 0.25) is 0 Å². The summed E-state index contributed by atoms with van der Waals surface area (Å²) in [5.74, 6) is 0.671. The first-order valence-electron chi connectivity index (χ1n) is 18.6. The molecule has 0 N–H and O–H groups in total. The molecule has 0 spiro atoms. The molecular formula is C50H30N4O. The van der Waals surface area contributed by atoms with Crippen LogP contribution in [0.15, 0.2) is 186 Å². The van der Waals surface area contributed by atoms with Crippen LogP contribution in [-0.2, 0) is 0 Å². The van der Waals surface area contributed by atoms with Crippen LogP contribution in [0.1, 0.15) is 0 Å². The molecule has 8 aromatic carbocycles. The molecule has 0 aliphatic heterocycles. The van der Waals surface area contributed by atoms with E-state index in [4.69, 9.17) is 14.4 Å². The molecule has 0 radical (unpaired) electrons. The molecular weight excluding hydrogens is 673 g/mol. The smallest absolute Gasteiger partial charge is 0.161 e. The number of benzene rings is 8. The van der Waals surface area contributed by atoms with Crippen LogP contribution in [0.5, 0.6) is 0 Å². The normalized spacial score (nSPS) is 12.0. The van der Waals surface area contributed by atoms with E-state index in [-0.39, 0.29) is 0 Å². The van der Waals surface area contributed by atoms with Gasteiger partial charge in [-0.05, 0) is 66.7 Å². The molecule has 55 heavy (non-hydrogen) atoms. The van der Waals surface area contributed by atoms with E-state index in [1.54, 1.807) is 0 Å². The average molecular weight is 703 g/mol. The van der Waals surface area contributed by atoms with Crippen molar-refractivity contribution >= 4 is 76.5 Å². The SMILES string of the molecule is c1ccc(-c2nc(-c3cccc4oc5ccc(-n6c7ccccc7c7cc8c9ccccc9n(-c9ccccc9)c8cc76)cc5c34)nc3ccccc23)cc1. The number of nitrogens with zero attached hydrogens (tertiary/aromatic N) is 4. The van der Waals surface area contributed by atoms with E-state index in [1.807, 2.05) is 30.3 Å². The van der Waals surface area contributed by atoms with Crippen molar-refractivity contribution in [3.8, 4) is 34.0 Å². The lowest BCUT2D eigenvalue weighted by molar-refractivity contribution is 0.669. The highest BCUT2D eigenvalue weighted by Crippen LogP contribution is 2.42. The Kier molecular flexibility index (Phi) is 6.27. The van der Waals surface area contributed by atoms with E-state index in [1.165, 1.54) is 32.6 Å². The van der Waals surface area contributed by atoms with Crippen molar-refractivity contribution in [2.24, 2.45) is 0 Å². The van der Waals surface area contributed by atoms with Crippen molar-refractivity contribution < 1.29 is 4.42 Å². The summed E-state index contributed by atoms with van der Waals surface area (Å²) in [6, 6.07) is 64.2. The first-order chi connectivity index (χ1) is 27.3. The number of hydrogen-bond acceptors (Lipinski definition) is 3. The minimum absolute atomic E-state index is 0.671. The van der Waals surface area contributed by atoms with Crippen LogP contribution in [-0.4, -0.2) is 19.1 Å². The number of hydrogen-bond donors (Lipinski definition) is 0. The first-order valence-corrected chi connectivity index (χ1v) is 18.6. The molecule has 12 aromatic rings. The standard InChI is InChI=1S/C50H30N4O/c1-3-14-31(15-4-1)49-36-20-7-10-22-41(36)51-50(52-49)37-21-13-25-47-48(37)40-28-33(26-27-46(40)55-47)54-43-24-12-9-19-35(43)39-29-38-34-18-8-11-23-42(34)53(44(38)30-45(39)54)32-16-5-2-6-17-32/h1-30H. The van der Waals surface area contributed by atoms with Gasteiger partial charge in [0.15, 0.2) is 5.82 Å². The second-order valence-corrected chi connectivity index (χ2v) is 14.2. The fourth-order valence-electron chi connectivity index (χ4n) is 8.72. The summed E-state index contributed by atoms with van der Waals surface area (Å²) in [6.45, 7) is 0. The van der Waals surface area contributed by atoms with Crippen LogP contribution in [0.2, 0.25) is 0 Å². The second-order valence-electron chi connectivity index (χ2n) is 14.2. The van der Waals surface area contributed by atoms with Crippen molar-refractivity contribution in [1.29, 1.82) is 0 Å². The number of para-hydroxylation sites is 4. The predicted molar refractivity (Wildman–Crippen MR) is 226 cm³/mol. The number of aromatic nitrogens is 4. The Balaban J connectivity index is 1.13. The zero-order valence-corrected chi connectivity index (χ0v) is 29.5. The van der Waals surface area contributed by atoms with Gasteiger partial charge in [-0.3, -0.25) is 0 Å². The van der Waals surface area contributed by atoms with Gasteiger partial charge in [-0.15, -0.1) is 0 Å². The zero-order valence-electron chi connectivity index (χ0n) is 29.5. The monoisotopic (exact) mass is 702 g/mol. The minimum Gasteiger partial charge on any atom is -0.456 e. The first kappa shape index (κ1) is 30.0. The van der Waals surface area contributed by atoms with Gasteiger partial charge in [-0.25, -0.2) is 9.97 Å². The molecule has 0 saturated carbocycles. The van der Waals surface area contributed by atoms with Crippen LogP contribution in [0.25, 0.3) is 110 Å². The summed E-state index contributed by atoms with van der Waals surface area (Å²) >= 11 is 0. The van der Waals surface area contributed by atoms with Gasteiger partial charge in [-0.2, -0.15) is 0 Å². The molecule has 0 amide bonds. The van der Waals surface area contributed by atoms with E-state index in [2.05, 4.69) is 161 Å². The van der Waals surface area contributed by atoms with Gasteiger partial charge in [-0.1, -0.05) is 115 Å². The third-order valence-corrected chi connectivity index (χ3v) is 11.1. The maximum absolute atomic E-state index is 6.55. The number of fused-ring (bicyclic) bond motifs is 10. The quantitative estimate of drug-likeness (QED) is 0.183. The summed E-state index contributed by atoms with van der Waals surface area (Å²) in [6.07, 6.45) is 0. The largest absolute Gasteiger partial charge is 0.456 e. The lowest BCUT2D eigenvalue weighted by atomic mass is 10.0. The Morgan fingerprint density at radius 3 is 1.76 bits per heavy atom. The van der Waals surface area contributed by atoms with E-state index in [9.17, 15) is 0 Å². The van der Waals surface area contributed by atoms with Crippen molar-refractivity contribution in [3.05, 3.63) is 182 Å². The molecule has 0 bridgehead atoms. The Morgan fingerprint density at radius 2 is 1.02 bits per heavy atom.